The standard InChI is InChI=1S/C20H21F3N6O2/c1-19(2,3)7-14(30)29-12-9-25-16-15(12)27-10-28-17(16)18(31)26-8-11-4-5-24-13(6-11)20(21,22)23/h4-6,9-10,25H,7-8H2,1-3H3,(H,26,31)(H,29,30). The van der Waals surface area contributed by atoms with E-state index in [0.717, 1.165) is 12.3 Å². The minimum Gasteiger partial charge on any atom is -0.356 e. The van der Waals surface area contributed by atoms with Crippen LogP contribution in [-0.4, -0.2) is 31.8 Å². The average Bonchev–Trinajstić information content (AvgIpc) is 3.07. The maximum absolute atomic E-state index is 12.8. The normalized spacial score (nSPS) is 12.1. The van der Waals surface area contributed by atoms with Crippen LogP contribution in [0, 0.1) is 5.41 Å². The predicted octanol–water partition coefficient (Wildman–Crippen LogP) is 3.68. The van der Waals surface area contributed by atoms with Crippen LogP contribution in [0.5, 0.6) is 0 Å². The summed E-state index contributed by atoms with van der Waals surface area (Å²) in [5.41, 5.74) is 0.0691. The Morgan fingerprint density at radius 1 is 1.13 bits per heavy atom. The molecule has 0 aromatic carbocycles. The van der Waals surface area contributed by atoms with E-state index in [1.54, 1.807) is 0 Å². The summed E-state index contributed by atoms with van der Waals surface area (Å²) in [5.74, 6) is -0.802. The van der Waals surface area contributed by atoms with Crippen molar-refractivity contribution in [2.45, 2.75) is 39.9 Å². The Hall–Kier alpha value is -3.50. The summed E-state index contributed by atoms with van der Waals surface area (Å²) in [7, 11) is 0. The number of carbonyl (C=O) groups excluding carboxylic acids is 2. The number of hydrogen-bond acceptors (Lipinski definition) is 5. The van der Waals surface area contributed by atoms with Gasteiger partial charge in [-0.15, -0.1) is 0 Å². The zero-order valence-corrected chi connectivity index (χ0v) is 17.1. The maximum Gasteiger partial charge on any atom is 0.433 e. The van der Waals surface area contributed by atoms with Gasteiger partial charge in [0.1, 0.15) is 17.5 Å². The van der Waals surface area contributed by atoms with Gasteiger partial charge in [0, 0.05) is 25.4 Å². The Balaban J connectivity index is 1.75. The summed E-state index contributed by atoms with van der Waals surface area (Å²) in [6.07, 6.45) is -0.556. The second-order valence-corrected chi connectivity index (χ2v) is 8.16. The van der Waals surface area contributed by atoms with Crippen LogP contribution in [0.4, 0.5) is 18.9 Å². The summed E-state index contributed by atoms with van der Waals surface area (Å²) in [5, 5.41) is 5.30. The van der Waals surface area contributed by atoms with E-state index in [9.17, 15) is 22.8 Å². The number of H-pyrrole nitrogens is 1. The van der Waals surface area contributed by atoms with E-state index in [4.69, 9.17) is 0 Å². The third-order valence-corrected chi connectivity index (χ3v) is 4.21. The molecule has 164 valence electrons. The Morgan fingerprint density at radius 3 is 2.55 bits per heavy atom. The van der Waals surface area contributed by atoms with Gasteiger partial charge in [-0.3, -0.25) is 14.6 Å². The first-order valence-electron chi connectivity index (χ1n) is 9.36. The number of carbonyl (C=O) groups is 2. The van der Waals surface area contributed by atoms with Crippen LogP contribution in [-0.2, 0) is 17.5 Å². The number of nitrogens with one attached hydrogen (secondary N) is 3. The molecule has 31 heavy (non-hydrogen) atoms. The summed E-state index contributed by atoms with van der Waals surface area (Å²) in [6.45, 7) is 5.67. The van der Waals surface area contributed by atoms with Gasteiger partial charge in [-0.25, -0.2) is 9.97 Å². The first kappa shape index (κ1) is 22.2. The highest BCUT2D eigenvalue weighted by Gasteiger charge is 2.32. The molecular weight excluding hydrogens is 413 g/mol. The van der Waals surface area contributed by atoms with E-state index in [0.29, 0.717) is 23.1 Å². The van der Waals surface area contributed by atoms with E-state index in [1.165, 1.54) is 18.6 Å². The zero-order valence-electron chi connectivity index (χ0n) is 17.1. The number of aromatic amines is 1. The third kappa shape index (κ3) is 5.56. The first-order chi connectivity index (χ1) is 14.4. The molecule has 0 aliphatic heterocycles. The highest BCUT2D eigenvalue weighted by molar-refractivity contribution is 6.07. The lowest BCUT2D eigenvalue weighted by Crippen LogP contribution is -2.24. The van der Waals surface area contributed by atoms with Gasteiger partial charge in [0.15, 0.2) is 5.69 Å². The van der Waals surface area contributed by atoms with Crippen molar-refractivity contribution >= 4 is 28.5 Å². The lowest BCUT2D eigenvalue weighted by Gasteiger charge is -2.16. The van der Waals surface area contributed by atoms with Gasteiger partial charge < -0.3 is 15.6 Å². The molecular formula is C20H21F3N6O2. The van der Waals surface area contributed by atoms with Crippen molar-refractivity contribution in [3.05, 3.63) is 47.8 Å². The Kier molecular flexibility index (Phi) is 5.96. The number of nitrogens with zero attached hydrogens (tertiary/aromatic N) is 3. The fraction of sp³-hybridized carbons (Fsp3) is 0.350. The summed E-state index contributed by atoms with van der Waals surface area (Å²) < 4.78 is 38.4. The number of aromatic nitrogens is 4. The molecule has 0 spiro atoms. The molecule has 11 heteroatoms. The second kappa shape index (κ2) is 8.32. The van der Waals surface area contributed by atoms with Crippen LogP contribution in [0.1, 0.15) is 48.9 Å². The fourth-order valence-corrected chi connectivity index (χ4v) is 2.89. The third-order valence-electron chi connectivity index (χ3n) is 4.21. The van der Waals surface area contributed by atoms with Crippen LogP contribution < -0.4 is 10.6 Å². The van der Waals surface area contributed by atoms with Gasteiger partial charge in [0.05, 0.1) is 11.2 Å². The molecule has 0 aliphatic carbocycles. The van der Waals surface area contributed by atoms with Crippen molar-refractivity contribution in [1.29, 1.82) is 0 Å². The number of halogens is 3. The molecule has 0 bridgehead atoms. The van der Waals surface area contributed by atoms with Crippen molar-refractivity contribution in [2.75, 3.05) is 5.32 Å². The molecule has 2 amide bonds. The van der Waals surface area contributed by atoms with E-state index in [-0.39, 0.29) is 29.1 Å². The van der Waals surface area contributed by atoms with Crippen LogP contribution in [0.3, 0.4) is 0 Å². The van der Waals surface area contributed by atoms with Gasteiger partial charge in [0.2, 0.25) is 5.91 Å². The number of amides is 2. The maximum atomic E-state index is 12.8. The monoisotopic (exact) mass is 434 g/mol. The van der Waals surface area contributed by atoms with E-state index < -0.39 is 17.8 Å². The van der Waals surface area contributed by atoms with Gasteiger partial charge in [-0.2, -0.15) is 13.2 Å². The van der Waals surface area contributed by atoms with Crippen molar-refractivity contribution in [3.8, 4) is 0 Å². The van der Waals surface area contributed by atoms with Crippen LogP contribution in [0.2, 0.25) is 0 Å². The molecule has 0 aliphatic rings. The van der Waals surface area contributed by atoms with Crippen molar-refractivity contribution in [2.24, 2.45) is 5.41 Å². The molecule has 3 heterocycles. The predicted molar refractivity (Wildman–Crippen MR) is 107 cm³/mol. The topological polar surface area (TPSA) is 113 Å². The first-order valence-corrected chi connectivity index (χ1v) is 9.36. The van der Waals surface area contributed by atoms with Gasteiger partial charge in [-0.1, -0.05) is 20.8 Å². The van der Waals surface area contributed by atoms with Crippen LogP contribution in [0.15, 0.2) is 30.9 Å². The van der Waals surface area contributed by atoms with E-state index >= 15 is 0 Å². The molecule has 3 aromatic heterocycles. The van der Waals surface area contributed by atoms with Crippen molar-refractivity contribution in [1.82, 2.24) is 25.3 Å². The SMILES string of the molecule is CC(C)(C)CC(=O)Nc1c[nH]c2c(C(=O)NCc3ccnc(C(F)(F)F)c3)ncnc12. The Labute approximate surface area is 175 Å². The highest BCUT2D eigenvalue weighted by Crippen LogP contribution is 2.28. The zero-order chi connectivity index (χ0) is 22.8. The number of fused-ring (bicyclic) bond motifs is 1. The summed E-state index contributed by atoms with van der Waals surface area (Å²) >= 11 is 0. The fourth-order valence-electron chi connectivity index (χ4n) is 2.89. The van der Waals surface area contributed by atoms with Gasteiger partial charge >= 0.3 is 6.18 Å². The van der Waals surface area contributed by atoms with Gasteiger partial charge in [0.25, 0.3) is 5.91 Å². The van der Waals surface area contributed by atoms with Crippen molar-refractivity contribution in [3.63, 3.8) is 0 Å². The number of pyridine rings is 1. The van der Waals surface area contributed by atoms with Crippen molar-refractivity contribution < 1.29 is 22.8 Å². The number of hydrogen-bond donors (Lipinski definition) is 3. The molecule has 0 atom stereocenters. The summed E-state index contributed by atoms with van der Waals surface area (Å²) in [4.78, 5) is 39.0. The number of rotatable bonds is 5. The molecule has 8 nitrogen and oxygen atoms in total. The highest BCUT2D eigenvalue weighted by atomic mass is 19.4. The smallest absolute Gasteiger partial charge is 0.356 e. The molecule has 0 radical (unpaired) electrons. The molecule has 3 rings (SSSR count). The lowest BCUT2D eigenvalue weighted by atomic mass is 9.92. The minimum absolute atomic E-state index is 0.00595. The number of anilines is 1. The minimum atomic E-state index is -4.57. The van der Waals surface area contributed by atoms with Crippen LogP contribution in [0.25, 0.3) is 11.0 Å². The average molecular weight is 434 g/mol. The largest absolute Gasteiger partial charge is 0.433 e. The number of alkyl halides is 3. The van der Waals surface area contributed by atoms with Crippen LogP contribution >= 0.6 is 0 Å². The quantitative estimate of drug-likeness (QED) is 0.567. The molecule has 0 saturated heterocycles. The molecule has 0 saturated carbocycles. The molecule has 3 aromatic rings. The molecule has 3 N–H and O–H groups in total. The molecule has 0 fully saturated rings. The summed E-state index contributed by atoms with van der Waals surface area (Å²) in [6, 6.07) is 2.25. The lowest BCUT2D eigenvalue weighted by molar-refractivity contribution is -0.141. The van der Waals surface area contributed by atoms with E-state index in [2.05, 4.69) is 30.6 Å². The Morgan fingerprint density at radius 2 is 1.87 bits per heavy atom. The Bertz CT molecular complexity index is 1120. The van der Waals surface area contributed by atoms with Gasteiger partial charge in [-0.05, 0) is 23.1 Å². The molecule has 0 unspecified atom stereocenters. The second-order valence-electron chi connectivity index (χ2n) is 8.16. The van der Waals surface area contributed by atoms with E-state index in [1.807, 2.05) is 20.8 Å².